The molecule has 4 heteroatoms. The second-order valence-corrected chi connectivity index (χ2v) is 4.51. The van der Waals surface area contributed by atoms with Gasteiger partial charge < -0.3 is 19.9 Å². The lowest BCUT2D eigenvalue weighted by Gasteiger charge is -2.07. The van der Waals surface area contributed by atoms with Crippen molar-refractivity contribution in [2.24, 2.45) is 5.73 Å². The molecule has 0 unspecified atom stereocenters. The fourth-order valence-electron chi connectivity index (χ4n) is 1.97. The van der Waals surface area contributed by atoms with E-state index >= 15 is 0 Å². The van der Waals surface area contributed by atoms with E-state index in [4.69, 9.17) is 19.9 Å². The van der Waals surface area contributed by atoms with Crippen LogP contribution in [0.15, 0.2) is 42.5 Å². The summed E-state index contributed by atoms with van der Waals surface area (Å²) in [7, 11) is 0. The summed E-state index contributed by atoms with van der Waals surface area (Å²) in [5.41, 5.74) is 7.37. The number of hydrogen-bond acceptors (Lipinski definition) is 4. The van der Waals surface area contributed by atoms with Gasteiger partial charge in [0.25, 0.3) is 0 Å². The van der Waals surface area contributed by atoms with Crippen LogP contribution in [0.25, 0.3) is 0 Å². The smallest absolute Gasteiger partial charge is 0.231 e. The van der Waals surface area contributed by atoms with Crippen molar-refractivity contribution >= 4 is 0 Å². The molecule has 2 aromatic carbocycles. The number of nitrogens with two attached hydrogens (primary N) is 1. The largest absolute Gasteiger partial charge is 0.489 e. The number of hydrogen-bond donors (Lipinski definition) is 1. The van der Waals surface area contributed by atoms with Crippen molar-refractivity contribution in [2.45, 2.75) is 6.61 Å². The van der Waals surface area contributed by atoms with Gasteiger partial charge in [0.15, 0.2) is 11.5 Å². The fraction of sp³-hybridized carbons (Fsp3) is 0.176. The Labute approximate surface area is 123 Å². The summed E-state index contributed by atoms with van der Waals surface area (Å²) >= 11 is 0. The van der Waals surface area contributed by atoms with Gasteiger partial charge in [-0.3, -0.25) is 0 Å². The first-order valence-corrected chi connectivity index (χ1v) is 6.65. The van der Waals surface area contributed by atoms with Crippen molar-refractivity contribution in [3.8, 4) is 29.1 Å². The minimum Gasteiger partial charge on any atom is -0.489 e. The molecule has 0 atom stereocenters. The van der Waals surface area contributed by atoms with Crippen molar-refractivity contribution in [1.29, 1.82) is 0 Å². The van der Waals surface area contributed by atoms with E-state index in [2.05, 4.69) is 11.8 Å². The average Bonchev–Trinajstić information content (AvgIpc) is 2.99. The van der Waals surface area contributed by atoms with Crippen molar-refractivity contribution in [1.82, 2.24) is 0 Å². The molecule has 0 aliphatic carbocycles. The van der Waals surface area contributed by atoms with E-state index < -0.39 is 0 Å². The summed E-state index contributed by atoms with van der Waals surface area (Å²) in [6.07, 6.45) is 0. The normalized spacial score (nSPS) is 11.7. The Kier molecular flexibility index (Phi) is 3.95. The second-order valence-electron chi connectivity index (χ2n) is 4.51. The molecule has 0 aromatic heterocycles. The van der Waals surface area contributed by atoms with E-state index in [1.165, 1.54) is 0 Å². The van der Waals surface area contributed by atoms with Crippen LogP contribution in [-0.4, -0.2) is 13.3 Å². The minimum absolute atomic E-state index is 0.268. The molecule has 0 saturated carbocycles. The fourth-order valence-corrected chi connectivity index (χ4v) is 1.97. The molecule has 4 nitrogen and oxygen atoms in total. The van der Waals surface area contributed by atoms with Crippen LogP contribution >= 0.6 is 0 Å². The topological polar surface area (TPSA) is 53.7 Å². The molecule has 0 saturated heterocycles. The average molecular weight is 281 g/mol. The molecular formula is C17H15NO3. The van der Waals surface area contributed by atoms with Crippen LogP contribution in [0.4, 0.5) is 0 Å². The molecule has 0 fully saturated rings. The van der Waals surface area contributed by atoms with Gasteiger partial charge in [0.05, 0.1) is 6.54 Å². The zero-order valence-corrected chi connectivity index (χ0v) is 11.5. The van der Waals surface area contributed by atoms with E-state index in [1.54, 1.807) is 0 Å². The van der Waals surface area contributed by atoms with Crippen LogP contribution in [-0.2, 0) is 6.61 Å². The Morgan fingerprint density at radius 2 is 1.86 bits per heavy atom. The highest BCUT2D eigenvalue weighted by Gasteiger charge is 2.13. The Balaban J connectivity index is 1.62. The summed E-state index contributed by atoms with van der Waals surface area (Å²) in [4.78, 5) is 0. The number of fused-ring (bicyclic) bond motifs is 1. The molecule has 1 heterocycles. The van der Waals surface area contributed by atoms with E-state index in [0.717, 1.165) is 28.4 Å². The SMILES string of the molecule is NCC#Cc1ccc(COc2ccc3c(c2)OCO3)cc1. The first kappa shape index (κ1) is 13.3. The molecule has 0 spiro atoms. The molecule has 21 heavy (non-hydrogen) atoms. The number of benzene rings is 2. The Morgan fingerprint density at radius 3 is 2.67 bits per heavy atom. The molecule has 2 aromatic rings. The Bertz CT molecular complexity index is 683. The van der Waals surface area contributed by atoms with Crippen molar-refractivity contribution in [3.05, 3.63) is 53.6 Å². The lowest BCUT2D eigenvalue weighted by atomic mass is 10.1. The maximum absolute atomic E-state index is 5.75. The van der Waals surface area contributed by atoms with E-state index in [1.807, 2.05) is 42.5 Å². The van der Waals surface area contributed by atoms with E-state index in [0.29, 0.717) is 13.2 Å². The summed E-state index contributed by atoms with van der Waals surface area (Å²) < 4.78 is 16.3. The molecule has 1 aliphatic heterocycles. The van der Waals surface area contributed by atoms with Gasteiger partial charge in [-0.25, -0.2) is 0 Å². The molecular weight excluding hydrogens is 266 g/mol. The lowest BCUT2D eigenvalue weighted by molar-refractivity contribution is 0.173. The lowest BCUT2D eigenvalue weighted by Crippen LogP contribution is -1.96. The maximum atomic E-state index is 5.75. The second kappa shape index (κ2) is 6.21. The van der Waals surface area contributed by atoms with E-state index in [9.17, 15) is 0 Å². The highest BCUT2D eigenvalue weighted by Crippen LogP contribution is 2.35. The van der Waals surface area contributed by atoms with Gasteiger partial charge in [0.1, 0.15) is 12.4 Å². The zero-order chi connectivity index (χ0) is 14.5. The molecule has 2 N–H and O–H groups in total. The van der Waals surface area contributed by atoms with Crippen LogP contribution < -0.4 is 19.9 Å². The van der Waals surface area contributed by atoms with Crippen molar-refractivity contribution in [3.63, 3.8) is 0 Å². The predicted octanol–water partition coefficient (Wildman–Crippen LogP) is 2.30. The van der Waals surface area contributed by atoms with Crippen LogP contribution in [0.2, 0.25) is 0 Å². The summed E-state index contributed by atoms with van der Waals surface area (Å²) in [6.45, 7) is 1.13. The quantitative estimate of drug-likeness (QED) is 0.877. The maximum Gasteiger partial charge on any atom is 0.231 e. The number of rotatable bonds is 3. The number of ether oxygens (including phenoxy) is 3. The van der Waals surface area contributed by atoms with Crippen molar-refractivity contribution in [2.75, 3.05) is 13.3 Å². The Hall–Kier alpha value is -2.64. The van der Waals surface area contributed by atoms with Gasteiger partial charge in [-0.1, -0.05) is 24.0 Å². The third-order valence-corrected chi connectivity index (χ3v) is 3.04. The first-order chi connectivity index (χ1) is 10.3. The van der Waals surface area contributed by atoms with Crippen LogP contribution in [0.5, 0.6) is 17.2 Å². The third kappa shape index (κ3) is 3.28. The van der Waals surface area contributed by atoms with Crippen LogP contribution in [0, 0.1) is 11.8 Å². The predicted molar refractivity (Wildman–Crippen MR) is 79.3 cm³/mol. The standard InChI is InChI=1S/C17H15NO3/c18-9-1-2-13-3-5-14(6-4-13)11-19-15-7-8-16-17(10-15)21-12-20-16/h3-8,10H,9,11-12,18H2. The minimum atomic E-state index is 0.268. The molecule has 3 rings (SSSR count). The molecule has 1 aliphatic rings. The highest BCUT2D eigenvalue weighted by atomic mass is 16.7. The zero-order valence-electron chi connectivity index (χ0n) is 11.5. The van der Waals surface area contributed by atoms with Gasteiger partial charge >= 0.3 is 0 Å². The summed E-state index contributed by atoms with van der Waals surface area (Å²) in [5.74, 6) is 8.05. The van der Waals surface area contributed by atoms with Gasteiger partial charge in [-0.05, 0) is 29.8 Å². The third-order valence-electron chi connectivity index (χ3n) is 3.04. The monoisotopic (exact) mass is 281 g/mol. The summed E-state index contributed by atoms with van der Waals surface area (Å²) in [6, 6.07) is 13.5. The van der Waals surface area contributed by atoms with Gasteiger partial charge in [-0.15, -0.1) is 0 Å². The summed E-state index contributed by atoms with van der Waals surface area (Å²) in [5, 5.41) is 0. The van der Waals surface area contributed by atoms with Gasteiger partial charge in [0.2, 0.25) is 6.79 Å². The first-order valence-electron chi connectivity index (χ1n) is 6.65. The van der Waals surface area contributed by atoms with Crippen molar-refractivity contribution < 1.29 is 14.2 Å². The van der Waals surface area contributed by atoms with Crippen LogP contribution in [0.1, 0.15) is 11.1 Å². The molecule has 0 bridgehead atoms. The van der Waals surface area contributed by atoms with E-state index in [-0.39, 0.29) is 6.79 Å². The molecule has 0 amide bonds. The molecule has 106 valence electrons. The molecule has 0 radical (unpaired) electrons. The van der Waals surface area contributed by atoms with Gasteiger partial charge in [-0.2, -0.15) is 0 Å². The van der Waals surface area contributed by atoms with Gasteiger partial charge in [0, 0.05) is 11.6 Å². The highest BCUT2D eigenvalue weighted by molar-refractivity contribution is 5.47. The Morgan fingerprint density at radius 1 is 1.05 bits per heavy atom. The van der Waals surface area contributed by atoms with Crippen LogP contribution in [0.3, 0.4) is 0 Å².